The van der Waals surface area contributed by atoms with E-state index in [1.165, 1.54) is 0 Å². The molecule has 0 aliphatic heterocycles. The van der Waals surface area contributed by atoms with Crippen LogP contribution in [-0.4, -0.2) is 20.1 Å². The van der Waals surface area contributed by atoms with E-state index in [0.717, 1.165) is 5.56 Å². The van der Waals surface area contributed by atoms with Gasteiger partial charge >= 0.3 is 0 Å². The van der Waals surface area contributed by atoms with E-state index in [1.54, 1.807) is 24.3 Å². The first-order valence-corrected chi connectivity index (χ1v) is 8.47. The Morgan fingerprint density at radius 1 is 1.25 bits per heavy atom. The van der Waals surface area contributed by atoms with Crippen LogP contribution in [0.4, 0.5) is 0 Å². The lowest BCUT2D eigenvalue weighted by molar-refractivity contribution is 0.252. The van der Waals surface area contributed by atoms with Gasteiger partial charge in [0.1, 0.15) is 0 Å². The Hall–Kier alpha value is -0.910. The SMILES string of the molecule is CC(C)C(C)(C)CNS(=O)(=O)Cc1cccc(CO)c1. The van der Waals surface area contributed by atoms with Gasteiger partial charge in [0.05, 0.1) is 12.4 Å². The molecule has 0 fully saturated rings. The molecule has 0 atom stereocenters. The highest BCUT2D eigenvalue weighted by Gasteiger charge is 2.24. The van der Waals surface area contributed by atoms with Gasteiger partial charge in [0.25, 0.3) is 0 Å². The molecule has 0 amide bonds. The average Bonchev–Trinajstić information content (AvgIpc) is 2.36. The van der Waals surface area contributed by atoms with Crippen LogP contribution in [0.5, 0.6) is 0 Å². The van der Waals surface area contributed by atoms with E-state index in [2.05, 4.69) is 18.6 Å². The van der Waals surface area contributed by atoms with Crippen LogP contribution in [0.15, 0.2) is 24.3 Å². The van der Waals surface area contributed by atoms with Crippen molar-refractivity contribution in [3.8, 4) is 0 Å². The Morgan fingerprint density at radius 2 is 1.85 bits per heavy atom. The lowest BCUT2D eigenvalue weighted by atomic mass is 9.81. The predicted octanol–water partition coefficient (Wildman–Crippen LogP) is 2.28. The maximum atomic E-state index is 12.1. The molecule has 0 aliphatic carbocycles. The number of rotatable bonds is 7. The van der Waals surface area contributed by atoms with Crippen LogP contribution in [0, 0.1) is 11.3 Å². The minimum atomic E-state index is -3.36. The normalized spacial score (nSPS) is 12.9. The molecule has 1 rings (SSSR count). The number of hydrogen-bond donors (Lipinski definition) is 2. The van der Waals surface area contributed by atoms with Gasteiger partial charge in [-0.15, -0.1) is 0 Å². The van der Waals surface area contributed by atoms with Gasteiger partial charge in [0.15, 0.2) is 0 Å². The summed E-state index contributed by atoms with van der Waals surface area (Å²) in [5.41, 5.74) is 1.33. The van der Waals surface area contributed by atoms with Crippen molar-refractivity contribution in [1.82, 2.24) is 4.72 Å². The summed E-state index contributed by atoms with van der Waals surface area (Å²) in [6, 6.07) is 7.00. The molecule has 1 aromatic carbocycles. The van der Waals surface area contributed by atoms with Gasteiger partial charge in [-0.05, 0) is 22.5 Å². The highest BCUT2D eigenvalue weighted by molar-refractivity contribution is 7.88. The van der Waals surface area contributed by atoms with Crippen LogP contribution in [0.25, 0.3) is 0 Å². The summed E-state index contributed by atoms with van der Waals surface area (Å²) in [5.74, 6) is 0.331. The van der Waals surface area contributed by atoms with Gasteiger partial charge in [0.2, 0.25) is 10.0 Å². The molecular weight excluding hydrogens is 274 g/mol. The van der Waals surface area contributed by atoms with E-state index in [-0.39, 0.29) is 17.8 Å². The molecule has 5 heteroatoms. The molecule has 0 unspecified atom stereocenters. The Labute approximate surface area is 122 Å². The second-order valence-corrected chi connectivity index (χ2v) is 8.01. The van der Waals surface area contributed by atoms with Gasteiger partial charge < -0.3 is 5.11 Å². The molecular formula is C15H25NO3S. The lowest BCUT2D eigenvalue weighted by Gasteiger charge is -2.29. The van der Waals surface area contributed by atoms with Crippen LogP contribution in [0.3, 0.4) is 0 Å². The molecule has 0 radical (unpaired) electrons. The molecule has 0 aliphatic rings. The highest BCUT2D eigenvalue weighted by Crippen LogP contribution is 2.25. The van der Waals surface area contributed by atoms with Gasteiger partial charge in [0, 0.05) is 6.54 Å². The van der Waals surface area contributed by atoms with Crippen LogP contribution < -0.4 is 4.72 Å². The Morgan fingerprint density at radius 3 is 2.40 bits per heavy atom. The van der Waals surface area contributed by atoms with Crippen molar-refractivity contribution >= 4 is 10.0 Å². The molecule has 20 heavy (non-hydrogen) atoms. The number of benzene rings is 1. The van der Waals surface area contributed by atoms with Crippen molar-refractivity contribution in [3.05, 3.63) is 35.4 Å². The van der Waals surface area contributed by atoms with Crippen molar-refractivity contribution < 1.29 is 13.5 Å². The molecule has 0 aromatic heterocycles. The zero-order valence-electron chi connectivity index (χ0n) is 12.7. The third kappa shape index (κ3) is 5.23. The molecule has 2 N–H and O–H groups in total. The Balaban J connectivity index is 2.70. The van der Waals surface area contributed by atoms with Crippen molar-refractivity contribution in [1.29, 1.82) is 0 Å². The first-order valence-electron chi connectivity index (χ1n) is 6.82. The molecule has 114 valence electrons. The van der Waals surface area contributed by atoms with Crippen molar-refractivity contribution in [2.24, 2.45) is 11.3 Å². The van der Waals surface area contributed by atoms with E-state index in [4.69, 9.17) is 5.11 Å². The van der Waals surface area contributed by atoms with E-state index in [0.29, 0.717) is 18.0 Å². The van der Waals surface area contributed by atoms with Crippen LogP contribution in [0.1, 0.15) is 38.8 Å². The maximum Gasteiger partial charge on any atom is 0.215 e. The number of hydrogen-bond acceptors (Lipinski definition) is 3. The van der Waals surface area contributed by atoms with E-state index in [9.17, 15) is 8.42 Å². The smallest absolute Gasteiger partial charge is 0.215 e. The fraction of sp³-hybridized carbons (Fsp3) is 0.600. The van der Waals surface area contributed by atoms with Gasteiger partial charge in [-0.25, -0.2) is 13.1 Å². The van der Waals surface area contributed by atoms with Crippen LogP contribution >= 0.6 is 0 Å². The van der Waals surface area contributed by atoms with E-state index in [1.807, 2.05) is 13.8 Å². The minimum Gasteiger partial charge on any atom is -0.392 e. The Bertz CT molecular complexity index is 536. The average molecular weight is 299 g/mol. The van der Waals surface area contributed by atoms with Crippen LogP contribution in [0.2, 0.25) is 0 Å². The monoisotopic (exact) mass is 299 g/mol. The van der Waals surface area contributed by atoms with Crippen molar-refractivity contribution in [3.63, 3.8) is 0 Å². The molecule has 0 heterocycles. The molecule has 0 saturated carbocycles. The highest BCUT2D eigenvalue weighted by atomic mass is 32.2. The number of aliphatic hydroxyl groups is 1. The Kier molecular flexibility index (Phi) is 5.74. The number of sulfonamides is 1. The summed E-state index contributed by atoms with van der Waals surface area (Å²) in [5, 5.41) is 9.07. The first-order chi connectivity index (χ1) is 9.16. The second-order valence-electron chi connectivity index (χ2n) is 6.20. The number of nitrogens with one attached hydrogen (secondary N) is 1. The second kappa shape index (κ2) is 6.70. The molecule has 1 aromatic rings. The topological polar surface area (TPSA) is 66.4 Å². The van der Waals surface area contributed by atoms with Crippen molar-refractivity contribution in [2.75, 3.05) is 6.54 Å². The zero-order valence-corrected chi connectivity index (χ0v) is 13.5. The third-order valence-electron chi connectivity index (χ3n) is 3.84. The molecule has 0 bridgehead atoms. The molecule has 0 saturated heterocycles. The van der Waals surface area contributed by atoms with Gasteiger partial charge in [-0.2, -0.15) is 0 Å². The van der Waals surface area contributed by atoms with E-state index < -0.39 is 10.0 Å². The zero-order chi connectivity index (χ0) is 15.4. The fourth-order valence-electron chi connectivity index (χ4n) is 1.59. The first kappa shape index (κ1) is 17.1. The third-order valence-corrected chi connectivity index (χ3v) is 5.14. The van der Waals surface area contributed by atoms with Crippen LogP contribution in [-0.2, 0) is 22.4 Å². The summed E-state index contributed by atoms with van der Waals surface area (Å²) >= 11 is 0. The van der Waals surface area contributed by atoms with Gasteiger partial charge in [-0.1, -0.05) is 52.0 Å². The summed E-state index contributed by atoms with van der Waals surface area (Å²) in [6.45, 7) is 8.60. The minimum absolute atomic E-state index is 0.0605. The fourth-order valence-corrected chi connectivity index (χ4v) is 2.90. The predicted molar refractivity (Wildman–Crippen MR) is 81.6 cm³/mol. The number of aliphatic hydroxyl groups excluding tert-OH is 1. The summed E-state index contributed by atoms with van der Waals surface area (Å²) in [7, 11) is -3.36. The quantitative estimate of drug-likeness (QED) is 0.811. The van der Waals surface area contributed by atoms with Gasteiger partial charge in [-0.3, -0.25) is 0 Å². The molecule has 4 nitrogen and oxygen atoms in total. The summed E-state index contributed by atoms with van der Waals surface area (Å²) in [6.07, 6.45) is 0. The summed E-state index contributed by atoms with van der Waals surface area (Å²) < 4.78 is 26.9. The largest absolute Gasteiger partial charge is 0.392 e. The lowest BCUT2D eigenvalue weighted by Crippen LogP contribution is -2.37. The maximum absolute atomic E-state index is 12.1. The molecule has 0 spiro atoms. The standard InChI is InChI=1S/C15H25NO3S/c1-12(2)15(3,4)11-16-20(18,19)10-14-7-5-6-13(8-14)9-17/h5-8,12,16-17H,9-11H2,1-4H3. The van der Waals surface area contributed by atoms with E-state index >= 15 is 0 Å². The van der Waals surface area contributed by atoms with Crippen molar-refractivity contribution in [2.45, 2.75) is 40.1 Å². The summed E-state index contributed by atoms with van der Waals surface area (Å²) in [4.78, 5) is 0.